The van der Waals surface area contributed by atoms with Crippen molar-refractivity contribution >= 4 is 44.2 Å². The molecule has 1 heterocycles. The van der Waals surface area contributed by atoms with Gasteiger partial charge in [0.2, 0.25) is 0 Å². The van der Waals surface area contributed by atoms with Crippen molar-refractivity contribution in [3.8, 4) is 0 Å². The third-order valence-corrected chi connectivity index (χ3v) is 4.00. The molecule has 2 aromatic carbocycles. The summed E-state index contributed by atoms with van der Waals surface area (Å²) in [5.74, 6) is -3.53. The highest BCUT2D eigenvalue weighted by molar-refractivity contribution is 7.22. The lowest BCUT2D eigenvalue weighted by Crippen LogP contribution is -2.13. The molecule has 1 amide bonds. The van der Waals surface area contributed by atoms with E-state index in [1.807, 2.05) is 0 Å². The lowest BCUT2D eigenvalue weighted by molar-refractivity contribution is 0.102. The van der Waals surface area contributed by atoms with E-state index in [0.29, 0.717) is 4.70 Å². The molecule has 0 radical (unpaired) electrons. The zero-order chi connectivity index (χ0) is 15.9. The van der Waals surface area contributed by atoms with Crippen LogP contribution in [0.4, 0.5) is 18.3 Å². The first-order valence-electron chi connectivity index (χ1n) is 5.96. The first-order valence-corrected chi connectivity index (χ1v) is 7.15. The number of carbonyl (C=O) groups is 1. The van der Waals surface area contributed by atoms with Gasteiger partial charge in [0.05, 0.1) is 15.8 Å². The quantitative estimate of drug-likeness (QED) is 0.738. The van der Waals surface area contributed by atoms with Gasteiger partial charge in [0.1, 0.15) is 5.82 Å². The first-order chi connectivity index (χ1) is 10.4. The monoisotopic (exact) mass is 342 g/mol. The zero-order valence-electron chi connectivity index (χ0n) is 10.7. The van der Waals surface area contributed by atoms with E-state index >= 15 is 0 Å². The van der Waals surface area contributed by atoms with Crippen molar-refractivity contribution in [2.45, 2.75) is 0 Å². The molecule has 0 bridgehead atoms. The normalized spacial score (nSPS) is 10.9. The number of fused-ring (bicyclic) bond motifs is 1. The number of anilines is 1. The van der Waals surface area contributed by atoms with Crippen molar-refractivity contribution in [3.63, 3.8) is 0 Å². The Labute approximate surface area is 131 Å². The molecule has 0 fully saturated rings. The second-order valence-corrected chi connectivity index (χ2v) is 5.80. The Hall–Kier alpha value is -2.12. The topological polar surface area (TPSA) is 42.0 Å². The SMILES string of the molecule is O=C(Nc1nc2cc(F)c(F)cc2s1)c1ccc(Cl)cc1F. The minimum Gasteiger partial charge on any atom is -0.298 e. The summed E-state index contributed by atoms with van der Waals surface area (Å²) in [6.45, 7) is 0. The molecule has 8 heteroatoms. The van der Waals surface area contributed by atoms with E-state index in [0.717, 1.165) is 29.5 Å². The van der Waals surface area contributed by atoms with Gasteiger partial charge in [-0.2, -0.15) is 0 Å². The van der Waals surface area contributed by atoms with Crippen molar-refractivity contribution in [1.29, 1.82) is 0 Å². The second-order valence-electron chi connectivity index (χ2n) is 4.33. The van der Waals surface area contributed by atoms with Crippen LogP contribution in [0, 0.1) is 17.5 Å². The van der Waals surface area contributed by atoms with Gasteiger partial charge in [0.15, 0.2) is 16.8 Å². The Kier molecular flexibility index (Phi) is 3.76. The smallest absolute Gasteiger partial charge is 0.260 e. The summed E-state index contributed by atoms with van der Waals surface area (Å²) >= 11 is 6.57. The highest BCUT2D eigenvalue weighted by Crippen LogP contribution is 2.28. The molecule has 0 saturated heterocycles. The number of halogens is 4. The summed E-state index contributed by atoms with van der Waals surface area (Å²) in [4.78, 5) is 15.9. The van der Waals surface area contributed by atoms with Gasteiger partial charge < -0.3 is 0 Å². The van der Waals surface area contributed by atoms with Gasteiger partial charge in [-0.1, -0.05) is 22.9 Å². The summed E-state index contributed by atoms with van der Waals surface area (Å²) in [5, 5.41) is 2.66. The molecule has 3 rings (SSSR count). The average Bonchev–Trinajstić information content (AvgIpc) is 2.80. The van der Waals surface area contributed by atoms with Crippen LogP contribution in [-0.4, -0.2) is 10.9 Å². The number of benzene rings is 2. The van der Waals surface area contributed by atoms with Gasteiger partial charge in [-0.3, -0.25) is 10.1 Å². The van der Waals surface area contributed by atoms with Crippen LogP contribution < -0.4 is 5.32 Å². The summed E-state index contributed by atoms with van der Waals surface area (Å²) in [6, 6.07) is 5.54. The van der Waals surface area contributed by atoms with Crippen LogP contribution in [0.5, 0.6) is 0 Å². The lowest BCUT2D eigenvalue weighted by Gasteiger charge is -2.03. The summed E-state index contributed by atoms with van der Waals surface area (Å²) < 4.78 is 40.3. The van der Waals surface area contributed by atoms with Crippen molar-refractivity contribution in [3.05, 3.63) is 58.4 Å². The highest BCUT2D eigenvalue weighted by atomic mass is 35.5. The fourth-order valence-electron chi connectivity index (χ4n) is 1.82. The van der Waals surface area contributed by atoms with Crippen molar-refractivity contribution in [2.75, 3.05) is 5.32 Å². The molecule has 22 heavy (non-hydrogen) atoms. The third kappa shape index (κ3) is 2.77. The lowest BCUT2D eigenvalue weighted by atomic mass is 10.2. The van der Waals surface area contributed by atoms with Gasteiger partial charge in [-0.05, 0) is 24.3 Å². The number of hydrogen-bond acceptors (Lipinski definition) is 3. The van der Waals surface area contributed by atoms with Crippen LogP contribution in [0.1, 0.15) is 10.4 Å². The van der Waals surface area contributed by atoms with Crippen LogP contribution in [0.2, 0.25) is 5.02 Å². The zero-order valence-corrected chi connectivity index (χ0v) is 12.2. The summed E-state index contributed by atoms with van der Waals surface area (Å²) in [6.07, 6.45) is 0. The van der Waals surface area contributed by atoms with E-state index in [2.05, 4.69) is 10.3 Å². The molecule has 0 atom stereocenters. The second kappa shape index (κ2) is 5.58. The Morgan fingerprint density at radius 1 is 1.09 bits per heavy atom. The number of hydrogen-bond donors (Lipinski definition) is 1. The summed E-state index contributed by atoms with van der Waals surface area (Å²) in [7, 11) is 0. The first kappa shape index (κ1) is 14.8. The molecular weight excluding hydrogens is 337 g/mol. The highest BCUT2D eigenvalue weighted by Gasteiger charge is 2.15. The van der Waals surface area contributed by atoms with Gasteiger partial charge in [0, 0.05) is 11.1 Å². The Morgan fingerprint density at radius 2 is 1.82 bits per heavy atom. The van der Waals surface area contributed by atoms with Crippen molar-refractivity contribution in [1.82, 2.24) is 4.98 Å². The fourth-order valence-corrected chi connectivity index (χ4v) is 2.84. The molecule has 0 unspecified atom stereocenters. The van der Waals surface area contributed by atoms with E-state index in [9.17, 15) is 18.0 Å². The molecule has 3 aromatic rings. The summed E-state index contributed by atoms with van der Waals surface area (Å²) in [5.41, 5.74) is -0.00297. The standard InChI is InChI=1S/C14H6ClF3N2OS/c15-6-1-2-7(8(16)3-6)13(21)20-14-19-11-4-9(17)10(18)5-12(11)22-14/h1-5H,(H,19,20,21). The minimum absolute atomic E-state index is 0.111. The van der Waals surface area contributed by atoms with E-state index in [1.54, 1.807) is 0 Å². The number of thiazole rings is 1. The number of amides is 1. The molecule has 3 nitrogen and oxygen atoms in total. The number of nitrogens with zero attached hydrogens (tertiary/aromatic N) is 1. The Bertz CT molecular complexity index is 858. The maximum absolute atomic E-state index is 13.7. The molecular formula is C14H6ClF3N2OS. The van der Waals surface area contributed by atoms with Gasteiger partial charge in [0.25, 0.3) is 5.91 Å². The largest absolute Gasteiger partial charge is 0.298 e. The van der Waals surface area contributed by atoms with Crippen molar-refractivity contribution in [2.24, 2.45) is 0 Å². The number of rotatable bonds is 2. The molecule has 0 spiro atoms. The molecule has 112 valence electrons. The van der Waals surface area contributed by atoms with Crippen LogP contribution in [0.3, 0.4) is 0 Å². The molecule has 1 N–H and O–H groups in total. The predicted molar refractivity (Wildman–Crippen MR) is 78.9 cm³/mol. The third-order valence-electron chi connectivity index (χ3n) is 2.83. The van der Waals surface area contributed by atoms with Crippen LogP contribution in [0.25, 0.3) is 10.2 Å². The maximum Gasteiger partial charge on any atom is 0.260 e. The van der Waals surface area contributed by atoms with E-state index in [4.69, 9.17) is 11.6 Å². The Morgan fingerprint density at radius 3 is 2.55 bits per heavy atom. The van der Waals surface area contributed by atoms with E-state index in [-0.39, 0.29) is 21.2 Å². The molecule has 0 aliphatic heterocycles. The van der Waals surface area contributed by atoms with Crippen LogP contribution in [-0.2, 0) is 0 Å². The van der Waals surface area contributed by atoms with Gasteiger partial charge in [-0.15, -0.1) is 0 Å². The van der Waals surface area contributed by atoms with Crippen LogP contribution in [0.15, 0.2) is 30.3 Å². The molecule has 0 saturated carbocycles. The Balaban J connectivity index is 1.90. The molecule has 0 aliphatic carbocycles. The van der Waals surface area contributed by atoms with Crippen molar-refractivity contribution < 1.29 is 18.0 Å². The maximum atomic E-state index is 13.7. The molecule has 0 aliphatic rings. The fraction of sp³-hybridized carbons (Fsp3) is 0. The van der Waals surface area contributed by atoms with Gasteiger partial charge in [-0.25, -0.2) is 18.2 Å². The number of aromatic nitrogens is 1. The predicted octanol–water partition coefficient (Wildman–Crippen LogP) is 4.62. The molecule has 1 aromatic heterocycles. The van der Waals surface area contributed by atoms with Gasteiger partial charge >= 0.3 is 0 Å². The number of nitrogens with one attached hydrogen (secondary N) is 1. The average molecular weight is 343 g/mol. The van der Waals surface area contributed by atoms with E-state index in [1.165, 1.54) is 12.1 Å². The number of carbonyl (C=O) groups excluding carboxylic acids is 1. The van der Waals surface area contributed by atoms with Crippen LogP contribution >= 0.6 is 22.9 Å². The minimum atomic E-state index is -1.03. The van der Waals surface area contributed by atoms with E-state index < -0.39 is 23.4 Å².